The number of benzene rings is 4. The second-order valence-electron chi connectivity index (χ2n) is 10.4. The third kappa shape index (κ3) is 8.42. The maximum absolute atomic E-state index is 13.4. The Balaban J connectivity index is 1.35. The molecule has 0 aromatic heterocycles. The molecular formula is C34H38N2O5S. The van der Waals surface area contributed by atoms with Gasteiger partial charge in [0, 0.05) is 12.1 Å². The minimum atomic E-state index is -4.01. The van der Waals surface area contributed by atoms with Crippen molar-refractivity contribution < 1.29 is 22.7 Å². The highest BCUT2D eigenvalue weighted by molar-refractivity contribution is 7.90. The van der Waals surface area contributed by atoms with Crippen molar-refractivity contribution in [1.82, 2.24) is 10.0 Å². The van der Waals surface area contributed by atoms with Gasteiger partial charge in [0.25, 0.3) is 15.9 Å². The molecule has 4 aromatic carbocycles. The zero-order valence-electron chi connectivity index (χ0n) is 24.1. The number of carbonyl (C=O) groups is 2. The fraction of sp³-hybridized carbons (Fsp3) is 0.294. The van der Waals surface area contributed by atoms with Crippen molar-refractivity contribution in [2.75, 3.05) is 13.2 Å². The van der Waals surface area contributed by atoms with Crippen molar-refractivity contribution in [1.29, 1.82) is 0 Å². The van der Waals surface area contributed by atoms with Crippen molar-refractivity contribution in [3.63, 3.8) is 0 Å². The van der Waals surface area contributed by atoms with E-state index >= 15 is 0 Å². The number of hydrogen-bond donors (Lipinski definition) is 2. The van der Waals surface area contributed by atoms with E-state index in [1.54, 1.807) is 36.4 Å². The molecule has 1 unspecified atom stereocenters. The van der Waals surface area contributed by atoms with Crippen LogP contribution in [0.15, 0.2) is 95.9 Å². The number of rotatable bonds is 14. The molecule has 0 bridgehead atoms. The zero-order valence-corrected chi connectivity index (χ0v) is 25.0. The van der Waals surface area contributed by atoms with E-state index in [9.17, 15) is 18.0 Å². The summed E-state index contributed by atoms with van der Waals surface area (Å²) in [6.45, 7) is 5.05. The van der Waals surface area contributed by atoms with Gasteiger partial charge in [0.1, 0.15) is 5.75 Å². The van der Waals surface area contributed by atoms with Crippen LogP contribution >= 0.6 is 0 Å². The Labute approximate surface area is 248 Å². The van der Waals surface area contributed by atoms with Gasteiger partial charge in [-0.25, -0.2) is 13.1 Å². The summed E-state index contributed by atoms with van der Waals surface area (Å²) < 4.78 is 33.8. The molecule has 0 radical (unpaired) electrons. The van der Waals surface area contributed by atoms with Crippen molar-refractivity contribution >= 4 is 32.6 Å². The van der Waals surface area contributed by atoms with Crippen molar-refractivity contribution in [3.05, 3.63) is 108 Å². The van der Waals surface area contributed by atoms with Crippen LogP contribution in [0.3, 0.4) is 0 Å². The highest BCUT2D eigenvalue weighted by Gasteiger charge is 2.26. The first-order chi connectivity index (χ1) is 20.3. The number of fused-ring (bicyclic) bond motifs is 1. The van der Waals surface area contributed by atoms with Gasteiger partial charge < -0.3 is 10.1 Å². The highest BCUT2D eigenvalue weighted by atomic mass is 32.2. The van der Waals surface area contributed by atoms with Gasteiger partial charge >= 0.3 is 0 Å². The number of nitrogens with one attached hydrogen (secondary N) is 2. The molecule has 7 nitrogen and oxygen atoms in total. The summed E-state index contributed by atoms with van der Waals surface area (Å²) in [7, 11) is -4.01. The van der Waals surface area contributed by atoms with Crippen LogP contribution < -0.4 is 14.8 Å². The van der Waals surface area contributed by atoms with E-state index in [0.717, 1.165) is 46.9 Å². The highest BCUT2D eigenvalue weighted by Crippen LogP contribution is 2.27. The maximum Gasteiger partial charge on any atom is 0.264 e. The predicted molar refractivity (Wildman–Crippen MR) is 166 cm³/mol. The molecule has 4 rings (SSSR count). The van der Waals surface area contributed by atoms with Gasteiger partial charge in [-0.05, 0) is 78.9 Å². The van der Waals surface area contributed by atoms with Crippen molar-refractivity contribution in [2.45, 2.75) is 56.8 Å². The number of ether oxygens (including phenoxy) is 1. The quantitative estimate of drug-likeness (QED) is 0.164. The summed E-state index contributed by atoms with van der Waals surface area (Å²) in [5, 5.41) is 4.97. The first-order valence-corrected chi connectivity index (χ1v) is 15.9. The fourth-order valence-electron chi connectivity index (χ4n) is 4.73. The lowest BCUT2D eigenvalue weighted by Crippen LogP contribution is -2.34. The minimum absolute atomic E-state index is 0.0533. The Morgan fingerprint density at radius 1 is 0.833 bits per heavy atom. The topological polar surface area (TPSA) is 102 Å². The molecule has 0 aliphatic carbocycles. The monoisotopic (exact) mass is 586 g/mol. The first-order valence-electron chi connectivity index (χ1n) is 14.4. The van der Waals surface area contributed by atoms with E-state index in [-0.39, 0.29) is 10.8 Å². The summed E-state index contributed by atoms with van der Waals surface area (Å²) in [6, 6.07) is 27.2. The second-order valence-corrected chi connectivity index (χ2v) is 12.1. The van der Waals surface area contributed by atoms with Gasteiger partial charge in [-0.15, -0.1) is 0 Å². The number of hydrogen-bond acceptors (Lipinski definition) is 5. The number of aryl methyl sites for hydroxylation is 1. The average Bonchev–Trinajstić information content (AvgIpc) is 2.99. The van der Waals surface area contributed by atoms with Gasteiger partial charge in [0.2, 0.25) is 5.91 Å². The van der Waals surface area contributed by atoms with Crippen LogP contribution in [0.5, 0.6) is 5.75 Å². The summed E-state index contributed by atoms with van der Waals surface area (Å²) in [4.78, 5) is 26.0. The summed E-state index contributed by atoms with van der Waals surface area (Å²) >= 11 is 0. The molecule has 0 saturated carbocycles. The standard InChI is InChI=1S/C34H38N2O5S/c1-3-23-41-30-18-16-27(17-19-30)33(37)35-22-8-4-5-11-32(29-15-14-26-9-6-7-10-28(26)24-29)34(38)36-42(39,40)31-20-12-25(2)13-21-31/h6-7,9-10,12-21,24,32H,3-5,8,11,22-23H2,1-2H3,(H,35,37)(H,36,38). The van der Waals surface area contributed by atoms with E-state index in [1.165, 1.54) is 12.1 Å². The molecule has 2 N–H and O–H groups in total. The third-order valence-corrected chi connectivity index (χ3v) is 8.47. The first kappa shape index (κ1) is 30.8. The number of unbranched alkanes of at least 4 members (excludes halogenated alkanes) is 2. The van der Waals surface area contributed by atoms with Gasteiger partial charge in [0.05, 0.1) is 17.4 Å². The molecule has 8 heteroatoms. The predicted octanol–water partition coefficient (Wildman–Crippen LogP) is 6.52. The third-order valence-electron chi connectivity index (χ3n) is 7.10. The molecule has 0 fully saturated rings. The molecule has 0 heterocycles. The SMILES string of the molecule is CCCOc1ccc(C(=O)NCCCCCC(C(=O)NS(=O)(=O)c2ccc(C)cc2)c2ccc3ccccc3c2)cc1. The van der Waals surface area contributed by atoms with E-state index < -0.39 is 21.8 Å². The number of carbonyl (C=O) groups excluding carboxylic acids is 2. The maximum atomic E-state index is 13.4. The Hall–Kier alpha value is -4.17. The van der Waals surface area contributed by atoms with Crippen LogP contribution in [-0.4, -0.2) is 33.4 Å². The summed E-state index contributed by atoms with van der Waals surface area (Å²) in [5.74, 6) is -0.597. The Morgan fingerprint density at radius 3 is 2.26 bits per heavy atom. The van der Waals surface area contributed by atoms with Gasteiger partial charge in [-0.1, -0.05) is 79.9 Å². The van der Waals surface area contributed by atoms with Crippen LogP contribution in [0.4, 0.5) is 0 Å². The van der Waals surface area contributed by atoms with E-state index in [1.807, 2.05) is 56.3 Å². The lowest BCUT2D eigenvalue weighted by atomic mass is 9.91. The molecule has 2 amide bonds. The Bertz CT molecular complexity index is 1600. The molecule has 4 aromatic rings. The zero-order chi connectivity index (χ0) is 30.0. The fourth-order valence-corrected chi connectivity index (χ4v) is 5.75. The lowest BCUT2D eigenvalue weighted by molar-refractivity contribution is -0.121. The van der Waals surface area contributed by atoms with Gasteiger partial charge in [0.15, 0.2) is 0 Å². The van der Waals surface area contributed by atoms with Crippen molar-refractivity contribution in [2.24, 2.45) is 0 Å². The molecule has 1 atom stereocenters. The normalized spacial score (nSPS) is 12.0. The van der Waals surface area contributed by atoms with E-state index in [4.69, 9.17) is 4.74 Å². The lowest BCUT2D eigenvalue weighted by Gasteiger charge is -2.18. The molecule has 0 saturated heterocycles. The smallest absolute Gasteiger partial charge is 0.264 e. The largest absolute Gasteiger partial charge is 0.494 e. The molecular weight excluding hydrogens is 548 g/mol. The molecule has 0 aliphatic heterocycles. The molecule has 0 aliphatic rings. The van der Waals surface area contributed by atoms with Crippen LogP contribution in [-0.2, 0) is 14.8 Å². The van der Waals surface area contributed by atoms with Crippen LogP contribution in [0, 0.1) is 6.92 Å². The van der Waals surface area contributed by atoms with E-state index in [2.05, 4.69) is 10.0 Å². The molecule has 0 spiro atoms. The number of amides is 2. The van der Waals surface area contributed by atoms with Crippen LogP contribution in [0.25, 0.3) is 10.8 Å². The Morgan fingerprint density at radius 2 is 1.55 bits per heavy atom. The average molecular weight is 587 g/mol. The van der Waals surface area contributed by atoms with E-state index in [0.29, 0.717) is 31.6 Å². The van der Waals surface area contributed by atoms with Crippen molar-refractivity contribution in [3.8, 4) is 5.75 Å². The van der Waals surface area contributed by atoms with Crippen LogP contribution in [0.1, 0.15) is 66.4 Å². The molecule has 42 heavy (non-hydrogen) atoms. The van der Waals surface area contributed by atoms with Gasteiger partial charge in [-0.2, -0.15) is 0 Å². The molecule has 220 valence electrons. The Kier molecular flexibility index (Phi) is 10.7. The number of sulfonamides is 1. The van der Waals surface area contributed by atoms with Gasteiger partial charge in [-0.3, -0.25) is 9.59 Å². The summed E-state index contributed by atoms with van der Waals surface area (Å²) in [6.07, 6.45) is 3.58. The van der Waals surface area contributed by atoms with Crippen LogP contribution in [0.2, 0.25) is 0 Å². The second kappa shape index (κ2) is 14.6. The summed E-state index contributed by atoms with van der Waals surface area (Å²) in [5.41, 5.74) is 2.27. The minimum Gasteiger partial charge on any atom is -0.494 e.